The smallest absolute Gasteiger partial charge is 0.207 e. The third kappa shape index (κ3) is 7.23. The van der Waals surface area contributed by atoms with Crippen molar-refractivity contribution in [3.05, 3.63) is 193 Å². The van der Waals surface area contributed by atoms with E-state index in [1.807, 2.05) is 42.5 Å². The van der Waals surface area contributed by atoms with Crippen LogP contribution in [0.15, 0.2) is 60.7 Å². The molecule has 0 saturated heterocycles. The van der Waals surface area contributed by atoms with Crippen molar-refractivity contribution in [3.63, 3.8) is 0 Å². The Hall–Kier alpha value is -6.03. The Bertz CT molecular complexity index is 2680. The standard InChI is InChI=1S/C24BF20.C16H12Cl2N/c26-5-1(6(27)14(35)21(42)13(5)34)25(2-7(28)15(36)22(43)16(37)8(2)29,3-9(30)17(38)23(44)18(39)10(3)31)4-11(32)19(40)24(45)20(41)12(4)33;17-14-10-16(18)19(11-12-6-2-1-3-7-12)15-9-5-4-8-13(14)15/h;1-10H,11H2/q-1;+1. The lowest BCUT2D eigenvalue weighted by Gasteiger charge is -2.44. The summed E-state index contributed by atoms with van der Waals surface area (Å²) in [5.74, 6) is -71.4. The third-order valence-corrected chi connectivity index (χ3v) is 10.5. The van der Waals surface area contributed by atoms with Crippen LogP contribution < -0.4 is 26.4 Å². The van der Waals surface area contributed by atoms with Gasteiger partial charge in [-0.3, -0.25) is 0 Å². The highest BCUT2D eigenvalue weighted by Crippen LogP contribution is 2.31. The van der Waals surface area contributed by atoms with Gasteiger partial charge in [-0.05, 0) is 17.7 Å². The highest BCUT2D eigenvalue weighted by molar-refractivity contribution is 7.20. The van der Waals surface area contributed by atoms with E-state index in [1.165, 1.54) is 5.56 Å². The average Bonchev–Trinajstić information content (AvgIpc) is 3.28. The second-order valence-corrected chi connectivity index (χ2v) is 14.0. The van der Waals surface area contributed by atoms with E-state index >= 15 is 35.1 Å². The lowest BCUT2D eigenvalue weighted by Crippen LogP contribution is -2.81. The van der Waals surface area contributed by atoms with Crippen LogP contribution in [-0.2, 0) is 6.54 Å². The van der Waals surface area contributed by atoms with Crippen LogP contribution in [-0.4, -0.2) is 6.15 Å². The quantitative estimate of drug-likeness (QED) is 0.0391. The summed E-state index contributed by atoms with van der Waals surface area (Å²) in [7, 11) is 0. The maximum absolute atomic E-state index is 15.4. The SMILES string of the molecule is Clc1cc(Cl)[n+](Cc2ccccc2)c2ccccc12.Fc1c(F)c(F)c([B-](c2c(F)c(F)c(F)c(F)c2F)(c2c(F)c(F)c(F)c(F)c2F)c2c(F)c(F)c(F)c(F)c2F)c(F)c1F. The van der Waals surface area contributed by atoms with Crippen LogP contribution in [0, 0.1) is 116 Å². The number of aromatic nitrogens is 1. The third-order valence-electron chi connectivity index (χ3n) is 9.85. The van der Waals surface area contributed by atoms with Crippen LogP contribution in [0.2, 0.25) is 10.2 Å². The van der Waals surface area contributed by atoms with Crippen molar-refractivity contribution in [1.82, 2.24) is 0 Å². The molecule has 0 bridgehead atoms. The lowest BCUT2D eigenvalue weighted by molar-refractivity contribution is -0.660. The Kier molecular flexibility index (Phi) is 13.0. The molecule has 6 aromatic carbocycles. The highest BCUT2D eigenvalue weighted by atomic mass is 35.5. The van der Waals surface area contributed by atoms with Crippen molar-refractivity contribution in [3.8, 4) is 0 Å². The molecule has 0 saturated carbocycles. The number of hydrogen-bond donors (Lipinski definition) is 0. The molecule has 0 unspecified atom stereocenters. The van der Waals surface area contributed by atoms with Crippen molar-refractivity contribution in [1.29, 1.82) is 0 Å². The zero-order chi connectivity index (χ0) is 47.6. The van der Waals surface area contributed by atoms with Gasteiger partial charge < -0.3 is 0 Å². The first kappa shape index (κ1) is 47.5. The summed E-state index contributed by atoms with van der Waals surface area (Å²) in [6.07, 6.45) is -7.22. The van der Waals surface area contributed by atoms with E-state index in [1.54, 1.807) is 6.07 Å². The Morgan fingerprint density at radius 3 is 0.922 bits per heavy atom. The van der Waals surface area contributed by atoms with Gasteiger partial charge in [-0.25, -0.2) is 87.8 Å². The fraction of sp³-hybridized carbons (Fsp3) is 0.0250. The second kappa shape index (κ2) is 17.5. The molecule has 0 spiro atoms. The van der Waals surface area contributed by atoms with Crippen LogP contribution >= 0.6 is 23.2 Å². The molecule has 7 aromatic rings. The molecule has 64 heavy (non-hydrogen) atoms. The van der Waals surface area contributed by atoms with Gasteiger partial charge in [-0.15, -0.1) is 21.9 Å². The van der Waals surface area contributed by atoms with Gasteiger partial charge in [0.1, 0.15) is 52.7 Å². The monoisotopic (exact) mass is 967 g/mol. The number of nitrogens with zero attached hydrogens (tertiary/aromatic N) is 1. The molecule has 0 radical (unpaired) electrons. The summed E-state index contributed by atoms with van der Waals surface area (Å²) in [4.78, 5) is 0. The number of hydrogen-bond acceptors (Lipinski definition) is 0. The van der Waals surface area contributed by atoms with Crippen LogP contribution in [0.1, 0.15) is 5.56 Å². The molecule has 0 amide bonds. The number of fused-ring (bicyclic) bond motifs is 1. The molecule has 1 nitrogen and oxygen atoms in total. The van der Waals surface area contributed by atoms with E-state index in [0.717, 1.165) is 17.4 Å². The number of rotatable bonds is 6. The molecule has 24 heteroatoms. The predicted molar refractivity (Wildman–Crippen MR) is 189 cm³/mol. The molecule has 0 N–H and O–H groups in total. The average molecular weight is 968 g/mol. The fourth-order valence-electron chi connectivity index (χ4n) is 7.09. The van der Waals surface area contributed by atoms with Crippen molar-refractivity contribution in [2.24, 2.45) is 0 Å². The molecule has 334 valence electrons. The minimum absolute atomic E-state index is 0.646. The second-order valence-electron chi connectivity index (χ2n) is 13.2. The first-order chi connectivity index (χ1) is 30.0. The van der Waals surface area contributed by atoms with E-state index in [9.17, 15) is 52.7 Å². The lowest BCUT2D eigenvalue weighted by atomic mass is 9.12. The first-order valence-electron chi connectivity index (χ1n) is 17.0. The Labute approximate surface area is 353 Å². The van der Waals surface area contributed by atoms with Crippen LogP contribution in [0.25, 0.3) is 10.9 Å². The summed E-state index contributed by atoms with van der Waals surface area (Å²) in [5.41, 5.74) is -12.1. The molecule has 1 heterocycles. The minimum Gasteiger partial charge on any atom is -0.207 e. The summed E-state index contributed by atoms with van der Waals surface area (Å²) in [6.45, 7) is 0.733. The van der Waals surface area contributed by atoms with E-state index < -0.39 is 144 Å². The zero-order valence-corrected chi connectivity index (χ0v) is 31.8. The maximum Gasteiger partial charge on any atom is 0.277 e. The summed E-state index contributed by atoms with van der Waals surface area (Å²) in [6, 6.07) is 20.1. The molecule has 0 aliphatic heterocycles. The molecule has 0 atom stereocenters. The van der Waals surface area contributed by atoms with Crippen LogP contribution in [0.3, 0.4) is 0 Å². The molecule has 1 aromatic heterocycles. The molecule has 0 aliphatic carbocycles. The Morgan fingerprint density at radius 2 is 0.609 bits per heavy atom. The first-order valence-corrected chi connectivity index (χ1v) is 17.8. The normalized spacial score (nSPS) is 11.7. The van der Waals surface area contributed by atoms with Crippen molar-refractivity contribution in [2.75, 3.05) is 0 Å². The zero-order valence-electron chi connectivity index (χ0n) is 30.3. The summed E-state index contributed by atoms with van der Waals surface area (Å²) in [5, 5.41) is 2.35. The highest BCUT2D eigenvalue weighted by Gasteiger charge is 2.52. The minimum atomic E-state index is -7.22. The fourth-order valence-corrected chi connectivity index (χ4v) is 7.67. The van der Waals surface area contributed by atoms with Crippen molar-refractivity contribution in [2.45, 2.75) is 6.54 Å². The summed E-state index contributed by atoms with van der Waals surface area (Å²) < 4.78 is 296. The van der Waals surface area contributed by atoms with Gasteiger partial charge in [0.15, 0.2) is 76.4 Å². The van der Waals surface area contributed by atoms with Gasteiger partial charge in [-0.1, -0.05) is 54.1 Å². The van der Waals surface area contributed by atoms with Gasteiger partial charge in [0.25, 0.3) is 5.15 Å². The Balaban J connectivity index is 0.000000295. The van der Waals surface area contributed by atoms with E-state index in [2.05, 4.69) is 16.7 Å². The molecular formula is C40H12BCl2F20N. The van der Waals surface area contributed by atoms with Crippen LogP contribution in [0.5, 0.6) is 0 Å². The number of pyridine rings is 1. The number of benzene rings is 6. The van der Waals surface area contributed by atoms with E-state index in [4.69, 9.17) is 23.2 Å². The van der Waals surface area contributed by atoms with Crippen molar-refractivity contribution < 1.29 is 92.4 Å². The summed E-state index contributed by atoms with van der Waals surface area (Å²) >= 11 is 12.6. The van der Waals surface area contributed by atoms with Gasteiger partial charge >= 0.3 is 0 Å². The van der Waals surface area contributed by atoms with Gasteiger partial charge in [0.05, 0.1) is 10.4 Å². The maximum atomic E-state index is 15.4. The number of halogens is 22. The topological polar surface area (TPSA) is 3.88 Å². The largest absolute Gasteiger partial charge is 0.277 e. The van der Waals surface area contributed by atoms with Crippen LogP contribution in [0.4, 0.5) is 87.8 Å². The van der Waals surface area contributed by atoms with Gasteiger partial charge in [0.2, 0.25) is 5.52 Å². The van der Waals surface area contributed by atoms with Gasteiger partial charge in [0, 0.05) is 17.7 Å². The van der Waals surface area contributed by atoms with Gasteiger partial charge in [-0.2, -0.15) is 4.57 Å². The Morgan fingerprint density at radius 1 is 0.344 bits per heavy atom. The van der Waals surface area contributed by atoms with E-state index in [-0.39, 0.29) is 0 Å². The van der Waals surface area contributed by atoms with Crippen molar-refractivity contribution >= 4 is 62.1 Å². The molecule has 0 aliphatic rings. The molecule has 0 fully saturated rings. The predicted octanol–water partition coefficient (Wildman–Crippen LogP) is 10.3. The number of para-hydroxylation sites is 1. The molecular weight excluding hydrogens is 956 g/mol. The molecule has 7 rings (SSSR count). The van der Waals surface area contributed by atoms with E-state index in [0.29, 0.717) is 10.2 Å².